The summed E-state index contributed by atoms with van der Waals surface area (Å²) in [7, 11) is 0. The Balaban J connectivity index is 1.13. The summed E-state index contributed by atoms with van der Waals surface area (Å²) in [6.45, 7) is 0. The molecule has 10 rings (SSSR count). The van der Waals surface area contributed by atoms with Gasteiger partial charge in [-0.25, -0.2) is 29.9 Å². The summed E-state index contributed by atoms with van der Waals surface area (Å²) < 4.78 is 0. The molecule has 0 bridgehead atoms. The van der Waals surface area contributed by atoms with Crippen molar-refractivity contribution < 1.29 is 0 Å². The molecule has 0 amide bonds. The van der Waals surface area contributed by atoms with Crippen LogP contribution in [0.4, 0.5) is 0 Å². The summed E-state index contributed by atoms with van der Waals surface area (Å²) in [6, 6.07) is 78.4. The predicted molar refractivity (Wildman–Crippen MR) is 250 cm³/mol. The van der Waals surface area contributed by atoms with E-state index in [1.807, 2.05) is 115 Å². The standard InChI is InChI=1S/C56H38N6/c1-7-21-39(22-8-1)49(40-23-9-2-10-24-40)50(41-25-11-3-12-26-41)45-33-19-34-46(37-45)54-60-53(44-31-17-6-18-32-44)61-56(62-54)48-36-20-35-47(38-48)55-58-51(42-27-13-4-14-28-42)57-52(59-55)43-29-15-5-16-30-43/h1-38H. The van der Waals surface area contributed by atoms with Crippen LogP contribution in [-0.2, 0) is 0 Å². The van der Waals surface area contributed by atoms with E-state index >= 15 is 0 Å². The lowest BCUT2D eigenvalue weighted by Crippen LogP contribution is -2.02. The van der Waals surface area contributed by atoms with Crippen molar-refractivity contribution in [2.45, 2.75) is 0 Å². The smallest absolute Gasteiger partial charge is 0.164 e. The first kappa shape index (κ1) is 37.8. The molecule has 8 aromatic carbocycles. The van der Waals surface area contributed by atoms with Gasteiger partial charge in [0.25, 0.3) is 0 Å². The third-order valence-electron chi connectivity index (χ3n) is 10.6. The van der Waals surface area contributed by atoms with E-state index in [1.165, 1.54) is 0 Å². The summed E-state index contributed by atoms with van der Waals surface area (Å²) in [6.07, 6.45) is 0. The minimum absolute atomic E-state index is 0.537. The second kappa shape index (κ2) is 17.4. The summed E-state index contributed by atoms with van der Waals surface area (Å²) in [5.74, 6) is 3.42. The van der Waals surface area contributed by atoms with Crippen LogP contribution in [0.1, 0.15) is 22.3 Å². The van der Waals surface area contributed by atoms with Crippen LogP contribution in [0.2, 0.25) is 0 Å². The maximum atomic E-state index is 5.21. The largest absolute Gasteiger partial charge is 0.208 e. The Morgan fingerprint density at radius 1 is 0.194 bits per heavy atom. The van der Waals surface area contributed by atoms with Crippen molar-refractivity contribution in [1.82, 2.24) is 29.9 Å². The van der Waals surface area contributed by atoms with Crippen molar-refractivity contribution in [3.8, 4) is 68.3 Å². The molecule has 2 aromatic heterocycles. The average Bonchev–Trinajstić information content (AvgIpc) is 3.37. The van der Waals surface area contributed by atoms with Crippen LogP contribution in [0, 0.1) is 0 Å². The first-order chi connectivity index (χ1) is 30.7. The lowest BCUT2D eigenvalue weighted by atomic mass is 9.85. The zero-order valence-corrected chi connectivity index (χ0v) is 33.6. The van der Waals surface area contributed by atoms with E-state index in [2.05, 4.69) is 115 Å². The normalized spacial score (nSPS) is 10.9. The van der Waals surface area contributed by atoms with Gasteiger partial charge in [0.05, 0.1) is 0 Å². The van der Waals surface area contributed by atoms with E-state index in [1.54, 1.807) is 0 Å². The van der Waals surface area contributed by atoms with E-state index in [-0.39, 0.29) is 0 Å². The zero-order chi connectivity index (χ0) is 41.5. The lowest BCUT2D eigenvalue weighted by Gasteiger charge is -2.18. The molecule has 0 aliphatic carbocycles. The first-order valence-corrected chi connectivity index (χ1v) is 20.5. The van der Waals surface area contributed by atoms with Crippen LogP contribution < -0.4 is 0 Å². The molecule has 0 saturated carbocycles. The molecule has 10 aromatic rings. The molecule has 0 fully saturated rings. The fraction of sp³-hybridized carbons (Fsp3) is 0. The van der Waals surface area contributed by atoms with Crippen molar-refractivity contribution >= 4 is 11.1 Å². The quantitative estimate of drug-likeness (QED) is 0.128. The minimum atomic E-state index is 0.537. The first-order valence-electron chi connectivity index (χ1n) is 20.5. The molecule has 0 radical (unpaired) electrons. The molecule has 62 heavy (non-hydrogen) atoms. The monoisotopic (exact) mass is 794 g/mol. The maximum absolute atomic E-state index is 5.21. The summed E-state index contributed by atoms with van der Waals surface area (Å²) in [5, 5.41) is 0. The lowest BCUT2D eigenvalue weighted by molar-refractivity contribution is 1.07. The molecule has 6 nitrogen and oxygen atoms in total. The van der Waals surface area contributed by atoms with Crippen LogP contribution in [0.15, 0.2) is 231 Å². The highest BCUT2D eigenvalue weighted by molar-refractivity contribution is 6.05. The van der Waals surface area contributed by atoms with Gasteiger partial charge in [0.2, 0.25) is 0 Å². The van der Waals surface area contributed by atoms with Gasteiger partial charge in [-0.2, -0.15) is 0 Å². The Kier molecular flexibility index (Phi) is 10.6. The predicted octanol–water partition coefficient (Wildman–Crippen LogP) is 13.1. The van der Waals surface area contributed by atoms with Gasteiger partial charge < -0.3 is 0 Å². The fourth-order valence-corrected chi connectivity index (χ4v) is 7.62. The Morgan fingerprint density at radius 3 is 0.758 bits per heavy atom. The van der Waals surface area contributed by atoms with Crippen LogP contribution in [-0.4, -0.2) is 29.9 Å². The number of hydrogen-bond acceptors (Lipinski definition) is 6. The van der Waals surface area contributed by atoms with E-state index < -0.39 is 0 Å². The van der Waals surface area contributed by atoms with Gasteiger partial charge in [0, 0.05) is 33.4 Å². The third kappa shape index (κ3) is 8.09. The molecular formula is C56H38N6. The zero-order valence-electron chi connectivity index (χ0n) is 33.6. The Labute approximate surface area is 360 Å². The van der Waals surface area contributed by atoms with Crippen molar-refractivity contribution in [2.75, 3.05) is 0 Å². The highest BCUT2D eigenvalue weighted by atomic mass is 15.0. The summed E-state index contributed by atoms with van der Waals surface area (Å²) in [5.41, 5.74) is 11.8. The molecule has 0 unspecified atom stereocenters. The van der Waals surface area contributed by atoms with Crippen LogP contribution in [0.25, 0.3) is 79.5 Å². The van der Waals surface area contributed by atoms with E-state index in [9.17, 15) is 0 Å². The molecule has 0 aliphatic heterocycles. The number of rotatable bonds is 10. The minimum Gasteiger partial charge on any atom is -0.208 e. The molecule has 0 aliphatic rings. The fourth-order valence-electron chi connectivity index (χ4n) is 7.62. The molecule has 0 saturated heterocycles. The van der Waals surface area contributed by atoms with Gasteiger partial charge in [0.1, 0.15) is 0 Å². The molecule has 292 valence electrons. The van der Waals surface area contributed by atoms with Gasteiger partial charge in [0.15, 0.2) is 34.9 Å². The number of hydrogen-bond donors (Lipinski definition) is 0. The Morgan fingerprint density at radius 2 is 0.419 bits per heavy atom. The van der Waals surface area contributed by atoms with Crippen LogP contribution in [0.5, 0.6) is 0 Å². The van der Waals surface area contributed by atoms with Crippen molar-refractivity contribution in [3.63, 3.8) is 0 Å². The van der Waals surface area contributed by atoms with Crippen LogP contribution >= 0.6 is 0 Å². The SMILES string of the molecule is c1ccc(C(=C(c2ccccc2)c2cccc(-c3nc(-c4ccccc4)nc(-c4cccc(-c5nc(-c6ccccc6)nc(-c6ccccc6)n5)c4)n3)c2)c2ccccc2)cc1. The second-order valence-electron chi connectivity index (χ2n) is 14.7. The summed E-state index contributed by atoms with van der Waals surface area (Å²) in [4.78, 5) is 30.3. The van der Waals surface area contributed by atoms with Gasteiger partial charge in [-0.05, 0) is 45.5 Å². The Hall–Kier alpha value is -8.48. The van der Waals surface area contributed by atoms with Gasteiger partial charge in [-0.3, -0.25) is 0 Å². The molecule has 0 spiro atoms. The molecular weight excluding hydrogens is 757 g/mol. The van der Waals surface area contributed by atoms with E-state index in [4.69, 9.17) is 29.9 Å². The van der Waals surface area contributed by atoms with Gasteiger partial charge in [-0.15, -0.1) is 0 Å². The Bertz CT molecular complexity index is 3040. The molecule has 0 atom stereocenters. The van der Waals surface area contributed by atoms with E-state index in [0.717, 1.165) is 66.8 Å². The molecule has 0 N–H and O–H groups in total. The second-order valence-corrected chi connectivity index (χ2v) is 14.7. The number of nitrogens with zero attached hydrogens (tertiary/aromatic N) is 6. The molecule has 2 heterocycles. The number of aromatic nitrogens is 6. The van der Waals surface area contributed by atoms with Crippen molar-refractivity contribution in [3.05, 3.63) is 253 Å². The summed E-state index contributed by atoms with van der Waals surface area (Å²) >= 11 is 0. The van der Waals surface area contributed by atoms with Gasteiger partial charge >= 0.3 is 0 Å². The van der Waals surface area contributed by atoms with Crippen LogP contribution in [0.3, 0.4) is 0 Å². The highest BCUT2D eigenvalue weighted by Gasteiger charge is 2.19. The number of benzene rings is 8. The maximum Gasteiger partial charge on any atom is 0.164 e. The van der Waals surface area contributed by atoms with Gasteiger partial charge in [-0.1, -0.05) is 218 Å². The molecule has 6 heteroatoms. The van der Waals surface area contributed by atoms with Crippen molar-refractivity contribution in [2.24, 2.45) is 0 Å². The topological polar surface area (TPSA) is 77.3 Å². The third-order valence-corrected chi connectivity index (χ3v) is 10.6. The highest BCUT2D eigenvalue weighted by Crippen LogP contribution is 2.38. The van der Waals surface area contributed by atoms with Crippen molar-refractivity contribution in [1.29, 1.82) is 0 Å². The average molecular weight is 795 g/mol. The van der Waals surface area contributed by atoms with E-state index in [0.29, 0.717) is 34.9 Å².